The van der Waals surface area contributed by atoms with Gasteiger partial charge in [-0.25, -0.2) is 4.79 Å². The van der Waals surface area contributed by atoms with Crippen molar-refractivity contribution in [2.24, 2.45) is 17.2 Å². The number of aliphatic hydroxyl groups excluding tert-OH is 2. The molecule has 1 saturated heterocycles. The zero-order chi connectivity index (χ0) is 66.1. The summed E-state index contributed by atoms with van der Waals surface area (Å²) in [7, 11) is 1.76. The average molecular weight is 1290 g/mol. The highest BCUT2D eigenvalue weighted by Crippen LogP contribution is 2.24. The normalized spacial score (nSPS) is 24.4. The van der Waals surface area contributed by atoms with Gasteiger partial charge in [0.2, 0.25) is 59.1 Å². The van der Waals surface area contributed by atoms with Crippen molar-refractivity contribution in [1.29, 1.82) is 0 Å². The first kappa shape index (κ1) is 71.2. The van der Waals surface area contributed by atoms with Crippen molar-refractivity contribution in [1.82, 2.24) is 52.8 Å². The van der Waals surface area contributed by atoms with Crippen molar-refractivity contribution >= 4 is 97.5 Å². The molecular weight excluding hydrogens is 1210 g/mol. The van der Waals surface area contributed by atoms with E-state index in [-0.39, 0.29) is 56.6 Å². The smallest absolute Gasteiger partial charge is 0.327 e. The minimum atomic E-state index is -1.83. The number of H-pyrrole nitrogens is 1. The van der Waals surface area contributed by atoms with E-state index in [9.17, 15) is 58.5 Å². The Bertz CT molecular complexity index is 3310. The lowest BCUT2D eigenvalue weighted by Crippen LogP contribution is -2.63. The monoisotopic (exact) mass is 1290 g/mol. The number of fused-ring (bicyclic) bond motifs is 1. The summed E-state index contributed by atoms with van der Waals surface area (Å²) in [5.74, 6) is -12.1. The van der Waals surface area contributed by atoms with Crippen LogP contribution in [0.3, 0.4) is 0 Å². The third kappa shape index (κ3) is 22.2. The topological polar surface area (TPSA) is 451 Å². The summed E-state index contributed by atoms with van der Waals surface area (Å²) in [5, 5.41) is 55.9. The molecule has 5 aromatic rings. The summed E-state index contributed by atoms with van der Waals surface area (Å²) in [5.41, 5.74) is 20.5. The number of hydrogen-bond acceptors (Lipinski definition) is 17. The number of aromatic amines is 1. The van der Waals surface area contributed by atoms with E-state index < -0.39 is 144 Å². The molecule has 10 amide bonds. The molecule has 0 bridgehead atoms. The summed E-state index contributed by atoms with van der Waals surface area (Å²) in [4.78, 5) is 158. The van der Waals surface area contributed by atoms with Gasteiger partial charge in [-0.05, 0) is 68.0 Å². The van der Waals surface area contributed by atoms with Crippen LogP contribution >= 0.6 is 21.6 Å². The van der Waals surface area contributed by atoms with Gasteiger partial charge in [-0.1, -0.05) is 131 Å². The van der Waals surface area contributed by atoms with Crippen molar-refractivity contribution in [2.45, 2.75) is 138 Å². The van der Waals surface area contributed by atoms with Crippen molar-refractivity contribution in [3.8, 4) is 0 Å². The van der Waals surface area contributed by atoms with E-state index in [1.54, 1.807) is 121 Å². The van der Waals surface area contributed by atoms with Gasteiger partial charge in [0.05, 0.1) is 24.7 Å². The summed E-state index contributed by atoms with van der Waals surface area (Å²) in [6.45, 7) is 2.53. The first-order chi connectivity index (χ1) is 43.5. The van der Waals surface area contributed by atoms with E-state index >= 15 is 9.59 Å². The van der Waals surface area contributed by atoms with Crippen LogP contribution in [0.1, 0.15) is 61.8 Å². The lowest BCUT2D eigenvalue weighted by molar-refractivity contribution is -0.142. The third-order valence-corrected chi connectivity index (χ3v) is 17.2. The molecule has 12 atom stereocenters. The molecule has 19 N–H and O–H groups in total. The Hall–Kier alpha value is -8.87. The maximum atomic E-state index is 15.1. The number of hydrogen-bond donors (Lipinski definition) is 16. The fourth-order valence-electron chi connectivity index (χ4n) is 9.78. The Labute approximate surface area is 532 Å². The van der Waals surface area contributed by atoms with E-state index in [2.05, 4.69) is 52.8 Å². The van der Waals surface area contributed by atoms with Crippen LogP contribution < -0.4 is 65.1 Å². The number of nitrogens with one attached hydrogen (secondary N) is 10. The predicted molar refractivity (Wildman–Crippen MR) is 340 cm³/mol. The van der Waals surface area contributed by atoms with Gasteiger partial charge >= 0.3 is 5.97 Å². The van der Waals surface area contributed by atoms with Crippen LogP contribution in [0.15, 0.2) is 121 Å². The molecule has 1 fully saturated rings. The van der Waals surface area contributed by atoms with Crippen LogP contribution in [0.25, 0.3) is 10.9 Å². The number of primary amides is 1. The zero-order valence-corrected chi connectivity index (χ0v) is 51.8. The van der Waals surface area contributed by atoms with Gasteiger partial charge in [0.15, 0.2) is 0 Å². The number of carboxylic acids is 1. The number of aliphatic hydroxyl groups is 2. The summed E-state index contributed by atoms with van der Waals surface area (Å²) in [6.07, 6.45) is -2.74. The fraction of sp³-hybridized carbons (Fsp3) is 0.403. The second-order valence-electron chi connectivity index (χ2n) is 22.0. The van der Waals surface area contributed by atoms with Gasteiger partial charge in [0, 0.05) is 54.3 Å². The van der Waals surface area contributed by atoms with E-state index in [0.29, 0.717) is 39.6 Å². The van der Waals surface area contributed by atoms with E-state index in [0.717, 1.165) is 28.5 Å². The summed E-state index contributed by atoms with van der Waals surface area (Å²) >= 11 is 0. The second kappa shape index (κ2) is 35.5. The molecule has 0 spiro atoms. The largest absolute Gasteiger partial charge is 0.480 e. The van der Waals surface area contributed by atoms with Gasteiger partial charge in [-0.15, -0.1) is 0 Å². The number of para-hydroxylation sites is 1. The second-order valence-corrected chi connectivity index (χ2v) is 24.5. The predicted octanol–water partition coefficient (Wildman–Crippen LogP) is -1.63. The van der Waals surface area contributed by atoms with Crippen LogP contribution in [0.4, 0.5) is 0 Å². The molecule has 1 aromatic heterocycles. The molecule has 4 aromatic carbocycles. The molecule has 0 aliphatic carbocycles. The summed E-state index contributed by atoms with van der Waals surface area (Å²) in [6, 6.07) is 16.4. The van der Waals surface area contributed by atoms with Crippen molar-refractivity contribution < 1.29 is 68.1 Å². The summed E-state index contributed by atoms with van der Waals surface area (Å²) < 4.78 is 0. The number of carboxylic acid groups (broad SMARTS) is 1. The van der Waals surface area contributed by atoms with E-state index in [1.807, 2.05) is 0 Å². The van der Waals surface area contributed by atoms with Crippen LogP contribution in [-0.2, 0) is 78.4 Å². The number of aromatic nitrogens is 1. The lowest BCUT2D eigenvalue weighted by atomic mass is 10.00. The maximum absolute atomic E-state index is 15.1. The Morgan fingerprint density at radius 1 is 0.495 bits per heavy atom. The molecule has 29 heteroatoms. The quantitative estimate of drug-likeness (QED) is 0.0367. The number of unbranched alkanes of at least 4 members (excludes halogenated alkanes) is 1. The number of rotatable bonds is 17. The number of aliphatic carboxylic acids is 1. The van der Waals surface area contributed by atoms with Gasteiger partial charge in [0.25, 0.3) is 0 Å². The third-order valence-electron chi connectivity index (χ3n) is 14.7. The van der Waals surface area contributed by atoms with Crippen molar-refractivity contribution in [3.63, 3.8) is 0 Å². The van der Waals surface area contributed by atoms with E-state index in [4.69, 9.17) is 17.2 Å². The SMILES string of the molecule is C[C@@H](O)[C@@H]1NC(=O)[C@H](Cc2ccccc2)NC(=O)[C@@H]([C@@H](C)O)NC(=O)[C@H](CCCCN)NC(=O)[C@@H](Cc2c[nH]c3ccccc23)NC(=O)[C@H](Cc2ccccc2)NC(=O)[C@H](Cc2ccccc2)NC(=O)[C@H](CC(N)=O)NC(=O)[C@@H](N)CSSC[C@@H](C(=O)O)NC1=O. The van der Waals surface area contributed by atoms with Gasteiger partial charge in [-0.2, -0.15) is 0 Å². The highest BCUT2D eigenvalue weighted by atomic mass is 33.1. The number of carbonyl (C=O) groups excluding carboxylic acids is 10. The van der Waals surface area contributed by atoms with Gasteiger partial charge in [-0.3, -0.25) is 47.9 Å². The minimum absolute atomic E-state index is 0.0865. The van der Waals surface area contributed by atoms with Crippen molar-refractivity contribution in [3.05, 3.63) is 144 Å². The van der Waals surface area contributed by atoms with Crippen LogP contribution in [-0.4, -0.2) is 176 Å². The van der Waals surface area contributed by atoms with Gasteiger partial charge < -0.3 is 85.4 Å². The number of nitrogens with two attached hydrogens (primary N) is 3. The molecule has 488 valence electrons. The Morgan fingerprint density at radius 3 is 1.36 bits per heavy atom. The molecular formula is C62H79N13O14S2. The van der Waals surface area contributed by atoms with Crippen LogP contribution in [0, 0.1) is 0 Å². The minimum Gasteiger partial charge on any atom is -0.480 e. The Kier molecular flexibility index (Phi) is 27.8. The number of amides is 10. The molecule has 91 heavy (non-hydrogen) atoms. The molecule has 27 nitrogen and oxygen atoms in total. The molecule has 0 unspecified atom stereocenters. The standard InChI is InChI=1S/C62H79N13O14S2/c1-34(76)51-60(86)72-46(28-38-20-10-5-11-21-38)59(85)75-52(35(2)77)61(87)73-49(62(88)89)33-91-90-32-41(64)53(79)68-48(30-50(65)78)58(84)70-44(26-36-16-6-3-7-17-36)55(81)69-45(27-37-18-8-4-9-19-37)56(82)71-47(29-39-31-66-42-23-13-12-22-40(39)42)57(83)67-43(54(80)74-51)24-14-15-25-63/h3-13,16-23,31,34-35,41,43-49,51-52,66,76-77H,14-15,24-30,32-33,63-64H2,1-2H3,(H2,65,78)(H,67,83)(H,68,79)(H,69,81)(H,70,84)(H,71,82)(H,72,86)(H,73,87)(H,74,80)(H,75,85)(H,88,89)/t34-,35-,41+,43+,44+,45+,46+,47-,48+,49+,51-,52+/m1/s1. The first-order valence-electron chi connectivity index (χ1n) is 29.5. The average Bonchev–Trinajstić information content (AvgIpc) is 1.94. The van der Waals surface area contributed by atoms with E-state index in [1.165, 1.54) is 6.92 Å². The molecule has 1 aliphatic rings. The zero-order valence-electron chi connectivity index (χ0n) is 50.1. The van der Waals surface area contributed by atoms with Crippen LogP contribution in [0.2, 0.25) is 0 Å². The lowest BCUT2D eigenvalue weighted by Gasteiger charge is -2.29. The molecule has 0 radical (unpaired) electrons. The molecule has 2 heterocycles. The molecule has 0 saturated carbocycles. The highest BCUT2D eigenvalue weighted by molar-refractivity contribution is 8.76. The van der Waals surface area contributed by atoms with Gasteiger partial charge in [0.1, 0.15) is 54.4 Å². The van der Waals surface area contributed by atoms with Crippen LogP contribution in [0.5, 0.6) is 0 Å². The Balaban J connectivity index is 1.42. The van der Waals surface area contributed by atoms with Crippen molar-refractivity contribution in [2.75, 3.05) is 18.1 Å². The number of benzene rings is 4. The Morgan fingerprint density at radius 2 is 0.890 bits per heavy atom. The number of carbonyl (C=O) groups is 11. The first-order valence-corrected chi connectivity index (χ1v) is 32.0. The maximum Gasteiger partial charge on any atom is 0.327 e. The molecule has 1 aliphatic heterocycles. The molecule has 6 rings (SSSR count). The highest BCUT2D eigenvalue weighted by Gasteiger charge is 2.38. The fourth-order valence-corrected chi connectivity index (χ4v) is 12.1.